The summed E-state index contributed by atoms with van der Waals surface area (Å²) in [7, 11) is 0. The van der Waals surface area contributed by atoms with E-state index in [2.05, 4.69) is 10.1 Å². The zero-order chi connectivity index (χ0) is 21.8. The quantitative estimate of drug-likeness (QED) is 0.381. The molecule has 5 rings (SSSR count). The Morgan fingerprint density at radius 1 is 0.839 bits per heavy atom. The first-order valence-corrected chi connectivity index (χ1v) is 9.45. The van der Waals surface area contributed by atoms with Crippen LogP contribution in [0.2, 0.25) is 0 Å². The number of aromatic nitrogens is 3. The van der Waals surface area contributed by atoms with Gasteiger partial charge in [-0.3, -0.25) is 0 Å². The zero-order valence-corrected chi connectivity index (χ0v) is 16.0. The van der Waals surface area contributed by atoms with Crippen LogP contribution >= 0.6 is 0 Å². The maximum Gasteiger partial charge on any atom is 0.414 e. The fraction of sp³-hybridized carbons (Fsp3) is 0.0870. The lowest BCUT2D eigenvalue weighted by Gasteiger charge is -2.33. The fourth-order valence-corrected chi connectivity index (χ4v) is 3.86. The maximum atomic E-state index is 14.3. The molecule has 8 heteroatoms. The normalized spacial score (nSPS) is 14.2. The van der Waals surface area contributed by atoms with Gasteiger partial charge in [-0.1, -0.05) is 12.1 Å². The molecule has 5 aromatic rings. The highest BCUT2D eigenvalue weighted by molar-refractivity contribution is 5.83. The minimum atomic E-state index is -4.74. The van der Waals surface area contributed by atoms with Gasteiger partial charge in [-0.15, -0.1) is 0 Å². The van der Waals surface area contributed by atoms with Crippen LogP contribution in [0.1, 0.15) is 11.1 Å². The van der Waals surface area contributed by atoms with Crippen molar-refractivity contribution in [1.29, 1.82) is 0 Å². The Hall–Kier alpha value is -3.65. The molecule has 0 bridgehead atoms. The van der Waals surface area contributed by atoms with Gasteiger partial charge in [0.05, 0.1) is 17.4 Å². The Morgan fingerprint density at radius 2 is 1.52 bits per heavy atom. The van der Waals surface area contributed by atoms with Gasteiger partial charge in [0, 0.05) is 17.1 Å². The highest BCUT2D eigenvalue weighted by atomic mass is 19.4. The first-order valence-electron chi connectivity index (χ1n) is 9.45. The molecule has 2 aromatic heterocycles. The average Bonchev–Trinajstić information content (AvgIpc) is 3.38. The second-order valence-corrected chi connectivity index (χ2v) is 7.39. The van der Waals surface area contributed by atoms with Crippen LogP contribution in [-0.2, 0) is 5.54 Å². The van der Waals surface area contributed by atoms with Gasteiger partial charge in [0.15, 0.2) is 5.54 Å². The van der Waals surface area contributed by atoms with Gasteiger partial charge in [0.2, 0.25) is 0 Å². The summed E-state index contributed by atoms with van der Waals surface area (Å²) in [6.07, 6.45) is -1.61. The molecule has 0 aliphatic carbocycles. The van der Waals surface area contributed by atoms with Crippen molar-refractivity contribution in [2.75, 3.05) is 0 Å². The van der Waals surface area contributed by atoms with E-state index in [0.29, 0.717) is 22.0 Å². The van der Waals surface area contributed by atoms with Crippen molar-refractivity contribution < 1.29 is 17.6 Å². The lowest BCUT2D eigenvalue weighted by atomic mass is 9.82. The van der Waals surface area contributed by atoms with Crippen LogP contribution in [0.15, 0.2) is 79.1 Å². The topological polar surface area (TPSA) is 59.6 Å². The van der Waals surface area contributed by atoms with Crippen molar-refractivity contribution in [3.8, 4) is 5.69 Å². The number of H-pyrrole nitrogens is 1. The van der Waals surface area contributed by atoms with Crippen LogP contribution < -0.4 is 5.73 Å². The molecule has 156 valence electrons. The number of hydrogen-bond donors (Lipinski definition) is 2. The molecular weight excluding hydrogens is 408 g/mol. The molecule has 0 spiro atoms. The number of aromatic amines is 1. The van der Waals surface area contributed by atoms with Gasteiger partial charge < -0.3 is 10.7 Å². The van der Waals surface area contributed by atoms with Gasteiger partial charge in [-0.05, 0) is 71.1 Å². The standard InChI is InChI=1S/C23H16F4N4/c24-18-3-5-19(6-4-18)31-21-8-2-17(12-15(21)13-30-31)22(28,23(25,26)27)16-1-7-20-14(11-16)9-10-29-20/h1-13,29H,28H2. The molecule has 3 aromatic carbocycles. The van der Waals surface area contributed by atoms with Gasteiger partial charge in [0.1, 0.15) is 5.82 Å². The monoisotopic (exact) mass is 424 g/mol. The molecule has 1 unspecified atom stereocenters. The Labute approximate surface area is 173 Å². The molecule has 1 atom stereocenters. The molecule has 2 heterocycles. The van der Waals surface area contributed by atoms with Crippen molar-refractivity contribution >= 4 is 21.8 Å². The summed E-state index contributed by atoms with van der Waals surface area (Å²) in [6.45, 7) is 0. The molecule has 0 radical (unpaired) electrons. The predicted octanol–water partition coefficient (Wildman–Crippen LogP) is 5.41. The molecular formula is C23H16F4N4. The number of alkyl halides is 3. The fourth-order valence-electron chi connectivity index (χ4n) is 3.86. The third-order valence-corrected chi connectivity index (χ3v) is 5.55. The number of rotatable bonds is 3. The Bertz CT molecular complexity index is 1400. The molecule has 0 aliphatic rings. The third kappa shape index (κ3) is 2.98. The van der Waals surface area contributed by atoms with Crippen molar-refractivity contribution in [2.24, 2.45) is 5.73 Å². The van der Waals surface area contributed by atoms with Crippen LogP contribution in [0.25, 0.3) is 27.5 Å². The summed E-state index contributed by atoms with van der Waals surface area (Å²) in [5, 5.41) is 5.39. The third-order valence-electron chi connectivity index (χ3n) is 5.55. The smallest absolute Gasteiger partial charge is 0.361 e. The van der Waals surface area contributed by atoms with E-state index in [4.69, 9.17) is 5.73 Å². The maximum absolute atomic E-state index is 14.3. The van der Waals surface area contributed by atoms with Crippen LogP contribution in [0.5, 0.6) is 0 Å². The van der Waals surface area contributed by atoms with E-state index in [1.165, 1.54) is 47.3 Å². The molecule has 0 saturated heterocycles. The van der Waals surface area contributed by atoms with Crippen molar-refractivity contribution in [3.63, 3.8) is 0 Å². The van der Waals surface area contributed by atoms with Crippen molar-refractivity contribution in [1.82, 2.24) is 14.8 Å². The van der Waals surface area contributed by atoms with Crippen LogP contribution in [0, 0.1) is 5.82 Å². The number of fused-ring (bicyclic) bond motifs is 2. The second kappa shape index (κ2) is 6.68. The molecule has 0 fully saturated rings. The first kappa shape index (κ1) is 19.3. The lowest BCUT2D eigenvalue weighted by molar-refractivity contribution is -0.176. The second-order valence-electron chi connectivity index (χ2n) is 7.39. The van der Waals surface area contributed by atoms with E-state index < -0.39 is 11.7 Å². The molecule has 4 nitrogen and oxygen atoms in total. The van der Waals surface area contributed by atoms with Gasteiger partial charge >= 0.3 is 6.18 Å². The summed E-state index contributed by atoms with van der Waals surface area (Å²) in [5.41, 5.74) is 5.15. The van der Waals surface area contributed by atoms with Crippen molar-refractivity contribution in [2.45, 2.75) is 11.7 Å². The highest BCUT2D eigenvalue weighted by Crippen LogP contribution is 2.43. The van der Waals surface area contributed by atoms with Gasteiger partial charge in [0.25, 0.3) is 0 Å². The number of halogens is 4. The molecule has 0 saturated carbocycles. The Morgan fingerprint density at radius 3 is 2.23 bits per heavy atom. The number of benzene rings is 3. The van der Waals surface area contributed by atoms with Crippen LogP contribution in [0.4, 0.5) is 17.6 Å². The molecule has 3 N–H and O–H groups in total. The van der Waals surface area contributed by atoms with Gasteiger partial charge in [-0.2, -0.15) is 18.3 Å². The number of hydrogen-bond acceptors (Lipinski definition) is 2. The summed E-state index contributed by atoms with van der Waals surface area (Å²) < 4.78 is 57.7. The van der Waals surface area contributed by atoms with E-state index in [0.717, 1.165) is 5.52 Å². The predicted molar refractivity (Wildman–Crippen MR) is 110 cm³/mol. The van der Waals surface area contributed by atoms with Crippen LogP contribution in [-0.4, -0.2) is 20.9 Å². The minimum absolute atomic E-state index is 0.0580. The lowest BCUT2D eigenvalue weighted by Crippen LogP contribution is -2.51. The zero-order valence-electron chi connectivity index (χ0n) is 16.0. The van der Waals surface area contributed by atoms with E-state index >= 15 is 0 Å². The Kier molecular flexibility index (Phi) is 4.16. The first-order chi connectivity index (χ1) is 14.8. The number of nitrogens with one attached hydrogen (secondary N) is 1. The van der Waals surface area contributed by atoms with E-state index in [9.17, 15) is 17.6 Å². The Balaban J connectivity index is 1.66. The summed E-state index contributed by atoms with van der Waals surface area (Å²) >= 11 is 0. The minimum Gasteiger partial charge on any atom is -0.361 e. The summed E-state index contributed by atoms with van der Waals surface area (Å²) in [5.74, 6) is -0.389. The van der Waals surface area contributed by atoms with Gasteiger partial charge in [-0.25, -0.2) is 9.07 Å². The number of nitrogens with two attached hydrogens (primary N) is 1. The molecule has 31 heavy (non-hydrogen) atoms. The summed E-state index contributed by atoms with van der Waals surface area (Å²) in [6, 6.07) is 16.1. The van der Waals surface area contributed by atoms with Crippen LogP contribution in [0.3, 0.4) is 0 Å². The highest BCUT2D eigenvalue weighted by Gasteiger charge is 2.54. The molecule has 0 aliphatic heterocycles. The SMILES string of the molecule is NC(c1ccc2[nH]ccc2c1)(c1ccc2c(cnn2-c2ccc(F)cc2)c1)C(F)(F)F. The average molecular weight is 424 g/mol. The van der Waals surface area contributed by atoms with Crippen molar-refractivity contribution in [3.05, 3.63) is 96.1 Å². The molecule has 0 amide bonds. The summed E-state index contributed by atoms with van der Waals surface area (Å²) in [4.78, 5) is 2.97. The van der Waals surface area contributed by atoms with E-state index in [1.807, 2.05) is 0 Å². The number of nitrogens with zero attached hydrogens (tertiary/aromatic N) is 2. The van der Waals surface area contributed by atoms with E-state index in [-0.39, 0.29) is 16.9 Å². The largest absolute Gasteiger partial charge is 0.414 e. The van der Waals surface area contributed by atoms with E-state index in [1.54, 1.807) is 36.5 Å².